The molecule has 2 heterocycles. The highest BCUT2D eigenvalue weighted by Gasteiger charge is 2.27. The molecule has 0 unspecified atom stereocenters. The van der Waals surface area contributed by atoms with Gasteiger partial charge in [-0.05, 0) is 26.0 Å². The molecule has 1 aromatic heterocycles. The summed E-state index contributed by atoms with van der Waals surface area (Å²) in [6.45, 7) is 5.89. The fourth-order valence-electron chi connectivity index (χ4n) is 3.56. The van der Waals surface area contributed by atoms with Crippen LogP contribution in [0.2, 0.25) is 0 Å². The molecule has 0 saturated carbocycles. The molecule has 1 saturated heterocycles. The third-order valence-electron chi connectivity index (χ3n) is 5.14. The minimum Gasteiger partial charge on any atom is -0.340 e. The number of hydrogen-bond donors (Lipinski definition) is 0. The van der Waals surface area contributed by atoms with E-state index in [1.165, 1.54) is 4.31 Å². The molecule has 0 bridgehead atoms. The average Bonchev–Trinajstić information content (AvgIpc) is 2.96. The Morgan fingerprint density at radius 2 is 1.59 bits per heavy atom. The third kappa shape index (κ3) is 3.79. The number of sulfonamides is 1. The van der Waals surface area contributed by atoms with Gasteiger partial charge in [-0.1, -0.05) is 12.1 Å². The van der Waals surface area contributed by atoms with E-state index < -0.39 is 10.0 Å². The Balaban J connectivity index is 1.67. The number of hydrogen-bond acceptors (Lipinski definition) is 4. The Kier molecular flexibility index (Phi) is 5.71. The van der Waals surface area contributed by atoms with E-state index in [9.17, 15) is 18.0 Å². The normalized spacial score (nSPS) is 16.1. The van der Waals surface area contributed by atoms with Crippen LogP contribution in [0.5, 0.6) is 0 Å². The minimum atomic E-state index is -3.21. The van der Waals surface area contributed by atoms with Crippen LogP contribution in [0, 0.1) is 0 Å². The van der Waals surface area contributed by atoms with Gasteiger partial charge in [0.15, 0.2) is 0 Å². The van der Waals surface area contributed by atoms with Crippen molar-refractivity contribution in [2.24, 2.45) is 0 Å². The summed E-state index contributed by atoms with van der Waals surface area (Å²) in [6, 6.07) is 7.58. The molecular weight excluding hydrogens is 368 g/mol. The molecule has 1 aromatic carbocycles. The van der Waals surface area contributed by atoms with Gasteiger partial charge >= 0.3 is 5.69 Å². The standard InChI is InChI=1S/C18H26N4O4S/c1-3-21-15-7-5-6-8-16(15)22(18(21)24)10-9-17(23)19-11-13-20(14-12-19)27(25,26)4-2/h5-8H,3-4,9-14H2,1-2H3. The molecule has 0 atom stereocenters. The zero-order chi connectivity index (χ0) is 19.6. The van der Waals surface area contributed by atoms with E-state index in [-0.39, 0.29) is 23.8 Å². The summed E-state index contributed by atoms with van der Waals surface area (Å²) in [7, 11) is -3.21. The molecule has 1 amide bonds. The molecule has 0 radical (unpaired) electrons. The number of rotatable bonds is 6. The van der Waals surface area contributed by atoms with E-state index in [4.69, 9.17) is 0 Å². The summed E-state index contributed by atoms with van der Waals surface area (Å²) in [5.41, 5.74) is 1.59. The Labute approximate surface area is 159 Å². The number of nitrogens with zero attached hydrogens (tertiary/aromatic N) is 4. The van der Waals surface area contributed by atoms with Gasteiger partial charge < -0.3 is 4.90 Å². The number of aromatic nitrogens is 2. The van der Waals surface area contributed by atoms with Gasteiger partial charge in [0.25, 0.3) is 0 Å². The monoisotopic (exact) mass is 394 g/mol. The van der Waals surface area contributed by atoms with Gasteiger partial charge in [-0.3, -0.25) is 13.9 Å². The van der Waals surface area contributed by atoms with Crippen LogP contribution in [0.25, 0.3) is 11.0 Å². The first-order valence-electron chi connectivity index (χ1n) is 9.32. The van der Waals surface area contributed by atoms with E-state index in [1.54, 1.807) is 21.0 Å². The van der Waals surface area contributed by atoms with Crippen LogP contribution in [0.4, 0.5) is 0 Å². The van der Waals surface area contributed by atoms with Gasteiger partial charge in [-0.2, -0.15) is 4.31 Å². The van der Waals surface area contributed by atoms with E-state index in [2.05, 4.69) is 0 Å². The fraction of sp³-hybridized carbons (Fsp3) is 0.556. The summed E-state index contributed by atoms with van der Waals surface area (Å²) < 4.78 is 28.6. The predicted octanol–water partition coefficient (Wildman–Crippen LogP) is 0.707. The maximum atomic E-state index is 12.6. The molecule has 148 valence electrons. The second-order valence-electron chi connectivity index (χ2n) is 6.60. The van der Waals surface area contributed by atoms with Crippen molar-refractivity contribution in [1.82, 2.24) is 18.3 Å². The van der Waals surface area contributed by atoms with Gasteiger partial charge in [0.2, 0.25) is 15.9 Å². The zero-order valence-corrected chi connectivity index (χ0v) is 16.6. The van der Waals surface area contributed by atoms with Gasteiger partial charge in [0.1, 0.15) is 0 Å². The average molecular weight is 394 g/mol. The molecule has 0 spiro atoms. The lowest BCUT2D eigenvalue weighted by Gasteiger charge is -2.33. The van der Waals surface area contributed by atoms with Crippen LogP contribution in [-0.4, -0.2) is 64.6 Å². The van der Waals surface area contributed by atoms with Gasteiger partial charge in [0.05, 0.1) is 16.8 Å². The summed E-state index contributed by atoms with van der Waals surface area (Å²) >= 11 is 0. The first-order chi connectivity index (χ1) is 12.9. The van der Waals surface area contributed by atoms with Crippen molar-refractivity contribution in [3.05, 3.63) is 34.7 Å². The lowest BCUT2D eigenvalue weighted by molar-refractivity contribution is -0.132. The summed E-state index contributed by atoms with van der Waals surface area (Å²) in [6.07, 6.45) is 0.220. The maximum Gasteiger partial charge on any atom is 0.329 e. The number of para-hydroxylation sites is 2. The molecule has 9 heteroatoms. The van der Waals surface area contributed by atoms with Gasteiger partial charge in [0, 0.05) is 45.7 Å². The molecule has 8 nitrogen and oxygen atoms in total. The van der Waals surface area contributed by atoms with E-state index in [0.29, 0.717) is 39.3 Å². The Bertz CT molecular complexity index is 984. The third-order valence-corrected chi connectivity index (χ3v) is 7.02. The maximum absolute atomic E-state index is 12.6. The molecule has 1 aliphatic rings. The Morgan fingerprint density at radius 3 is 2.15 bits per heavy atom. The molecule has 2 aromatic rings. The van der Waals surface area contributed by atoms with Crippen LogP contribution in [0.15, 0.2) is 29.1 Å². The van der Waals surface area contributed by atoms with Gasteiger partial charge in [-0.25, -0.2) is 13.2 Å². The first kappa shape index (κ1) is 19.6. The van der Waals surface area contributed by atoms with Crippen molar-refractivity contribution in [3.63, 3.8) is 0 Å². The number of carbonyl (C=O) groups is 1. The number of imidazole rings is 1. The molecule has 27 heavy (non-hydrogen) atoms. The molecule has 1 fully saturated rings. The number of amides is 1. The van der Waals surface area contributed by atoms with Crippen LogP contribution in [0.1, 0.15) is 20.3 Å². The zero-order valence-electron chi connectivity index (χ0n) is 15.8. The van der Waals surface area contributed by atoms with Crippen molar-refractivity contribution >= 4 is 27.0 Å². The molecule has 0 aliphatic carbocycles. The van der Waals surface area contributed by atoms with Crippen molar-refractivity contribution in [2.75, 3.05) is 31.9 Å². The highest BCUT2D eigenvalue weighted by atomic mass is 32.2. The smallest absolute Gasteiger partial charge is 0.329 e. The summed E-state index contributed by atoms with van der Waals surface area (Å²) in [5, 5.41) is 0. The highest BCUT2D eigenvalue weighted by molar-refractivity contribution is 7.89. The SMILES string of the molecule is CCn1c(=O)n(CCC(=O)N2CCN(S(=O)(=O)CC)CC2)c2ccccc21. The Hall–Kier alpha value is -2.13. The fourth-order valence-corrected chi connectivity index (χ4v) is 4.64. The first-order valence-corrected chi connectivity index (χ1v) is 10.9. The number of carbonyl (C=O) groups excluding carboxylic acids is 1. The summed E-state index contributed by atoms with van der Waals surface area (Å²) in [5.74, 6) is 0.0227. The quantitative estimate of drug-likeness (QED) is 0.722. The van der Waals surface area contributed by atoms with E-state index >= 15 is 0 Å². The van der Waals surface area contributed by atoms with E-state index in [0.717, 1.165) is 11.0 Å². The summed E-state index contributed by atoms with van der Waals surface area (Å²) in [4.78, 5) is 26.9. The van der Waals surface area contributed by atoms with Crippen molar-refractivity contribution in [3.8, 4) is 0 Å². The van der Waals surface area contributed by atoms with Crippen LogP contribution in [0.3, 0.4) is 0 Å². The van der Waals surface area contributed by atoms with Gasteiger partial charge in [-0.15, -0.1) is 0 Å². The lowest BCUT2D eigenvalue weighted by atomic mass is 10.3. The molecule has 3 rings (SSSR count). The lowest BCUT2D eigenvalue weighted by Crippen LogP contribution is -2.51. The number of benzene rings is 1. The van der Waals surface area contributed by atoms with Crippen LogP contribution >= 0.6 is 0 Å². The van der Waals surface area contributed by atoms with Crippen molar-refractivity contribution < 1.29 is 13.2 Å². The topological polar surface area (TPSA) is 84.6 Å². The molecule has 0 N–H and O–H groups in total. The predicted molar refractivity (Wildman–Crippen MR) is 104 cm³/mol. The van der Waals surface area contributed by atoms with E-state index in [1.807, 2.05) is 31.2 Å². The number of fused-ring (bicyclic) bond motifs is 1. The Morgan fingerprint density at radius 1 is 1.00 bits per heavy atom. The highest BCUT2D eigenvalue weighted by Crippen LogP contribution is 2.14. The molecule has 1 aliphatic heterocycles. The van der Waals surface area contributed by atoms with Crippen molar-refractivity contribution in [1.29, 1.82) is 0 Å². The molecular formula is C18H26N4O4S. The number of aryl methyl sites for hydroxylation is 2. The largest absolute Gasteiger partial charge is 0.340 e. The number of piperazine rings is 1. The van der Waals surface area contributed by atoms with Crippen molar-refractivity contribution in [2.45, 2.75) is 33.4 Å². The van der Waals surface area contributed by atoms with Crippen LogP contribution < -0.4 is 5.69 Å². The van der Waals surface area contributed by atoms with Crippen LogP contribution in [-0.2, 0) is 27.9 Å². The minimum absolute atomic E-state index is 0.0521. The second kappa shape index (κ2) is 7.85. The second-order valence-corrected chi connectivity index (χ2v) is 8.86.